The lowest BCUT2D eigenvalue weighted by Crippen LogP contribution is -2.48. The van der Waals surface area contributed by atoms with E-state index in [-0.39, 0.29) is 0 Å². The molecule has 162 valence electrons. The Hall–Kier alpha value is -1.63. The van der Waals surface area contributed by atoms with Crippen LogP contribution in [0.15, 0.2) is 35.3 Å². The van der Waals surface area contributed by atoms with E-state index in [2.05, 4.69) is 57.5 Å². The lowest BCUT2D eigenvalue weighted by Gasteiger charge is -2.35. The second-order valence-corrected chi connectivity index (χ2v) is 8.21. The van der Waals surface area contributed by atoms with Gasteiger partial charge in [-0.3, -0.25) is 4.99 Å². The number of benzene rings is 1. The molecule has 0 saturated carbocycles. The van der Waals surface area contributed by atoms with Gasteiger partial charge in [-0.25, -0.2) is 0 Å². The van der Waals surface area contributed by atoms with Crippen LogP contribution < -0.4 is 5.32 Å². The quantitative estimate of drug-likeness (QED) is 0.535. The van der Waals surface area contributed by atoms with Gasteiger partial charge in [-0.15, -0.1) is 0 Å². The number of piperidine rings is 1. The molecule has 1 atom stereocenters. The van der Waals surface area contributed by atoms with Gasteiger partial charge in [-0.2, -0.15) is 0 Å². The molecule has 6 nitrogen and oxygen atoms in total. The third-order valence-corrected chi connectivity index (χ3v) is 5.82. The zero-order chi connectivity index (χ0) is 20.3. The van der Waals surface area contributed by atoms with E-state index >= 15 is 0 Å². The van der Waals surface area contributed by atoms with Gasteiger partial charge >= 0.3 is 0 Å². The number of hydrogen-bond donors (Lipinski definition) is 1. The monoisotopic (exact) mass is 402 g/mol. The Morgan fingerprint density at radius 2 is 2.00 bits per heavy atom. The number of aliphatic imine (C=N–C) groups is 1. The minimum atomic E-state index is 0.309. The Bertz CT molecular complexity index is 596. The van der Waals surface area contributed by atoms with Crippen LogP contribution in [0.1, 0.15) is 37.7 Å². The zero-order valence-corrected chi connectivity index (χ0v) is 18.2. The van der Waals surface area contributed by atoms with Gasteiger partial charge in [0.2, 0.25) is 0 Å². The molecule has 0 aliphatic carbocycles. The molecule has 2 fully saturated rings. The smallest absolute Gasteiger partial charge is 0.193 e. The Balaban J connectivity index is 1.31. The Morgan fingerprint density at radius 3 is 2.69 bits per heavy atom. The van der Waals surface area contributed by atoms with Gasteiger partial charge in [0.25, 0.3) is 0 Å². The fraction of sp³-hybridized carbons (Fsp3) is 0.696. The zero-order valence-electron chi connectivity index (χ0n) is 18.2. The van der Waals surface area contributed by atoms with Crippen molar-refractivity contribution in [1.29, 1.82) is 0 Å². The maximum Gasteiger partial charge on any atom is 0.193 e. The van der Waals surface area contributed by atoms with Crippen molar-refractivity contribution in [2.45, 2.75) is 50.9 Å². The van der Waals surface area contributed by atoms with Crippen LogP contribution in [0.25, 0.3) is 0 Å². The van der Waals surface area contributed by atoms with Crippen LogP contribution in [0.3, 0.4) is 0 Å². The van der Waals surface area contributed by atoms with Crippen LogP contribution in [0, 0.1) is 0 Å². The molecular formula is C23H38N4O2. The van der Waals surface area contributed by atoms with E-state index in [0.29, 0.717) is 12.2 Å². The lowest BCUT2D eigenvalue weighted by molar-refractivity contribution is -0.0721. The summed E-state index contributed by atoms with van der Waals surface area (Å²) in [6, 6.07) is 10.6. The Kier molecular flexibility index (Phi) is 9.25. The summed E-state index contributed by atoms with van der Waals surface area (Å²) in [6.45, 7) is 6.49. The predicted octanol–water partition coefficient (Wildman–Crippen LogP) is 2.74. The van der Waals surface area contributed by atoms with Gasteiger partial charge in [-0.05, 0) is 44.7 Å². The normalized spacial score (nSPS) is 21.6. The number of rotatable bonds is 8. The summed E-state index contributed by atoms with van der Waals surface area (Å²) in [6.07, 6.45) is 6.39. The van der Waals surface area contributed by atoms with Crippen LogP contribution >= 0.6 is 0 Å². The van der Waals surface area contributed by atoms with E-state index in [1.54, 1.807) is 0 Å². The topological polar surface area (TPSA) is 49.3 Å². The summed E-state index contributed by atoms with van der Waals surface area (Å²) in [7, 11) is 4.04. The van der Waals surface area contributed by atoms with Gasteiger partial charge in [0.05, 0.1) is 18.8 Å². The van der Waals surface area contributed by atoms with Crippen LogP contribution in [-0.2, 0) is 16.0 Å². The van der Waals surface area contributed by atoms with Crippen molar-refractivity contribution >= 4 is 5.96 Å². The van der Waals surface area contributed by atoms with Gasteiger partial charge in [0.15, 0.2) is 5.96 Å². The second kappa shape index (κ2) is 12.2. The molecule has 6 heteroatoms. The van der Waals surface area contributed by atoms with Crippen molar-refractivity contribution < 1.29 is 9.47 Å². The van der Waals surface area contributed by atoms with Crippen molar-refractivity contribution in [2.24, 2.45) is 4.99 Å². The Morgan fingerprint density at radius 1 is 1.21 bits per heavy atom. The minimum absolute atomic E-state index is 0.309. The molecule has 2 aliphatic rings. The van der Waals surface area contributed by atoms with Crippen molar-refractivity contribution in [1.82, 2.24) is 15.1 Å². The third kappa shape index (κ3) is 7.61. The first-order valence-electron chi connectivity index (χ1n) is 11.2. The third-order valence-electron chi connectivity index (χ3n) is 5.82. The number of hydrogen-bond acceptors (Lipinski definition) is 4. The van der Waals surface area contributed by atoms with Crippen LogP contribution in [0.5, 0.6) is 0 Å². The molecule has 0 aromatic heterocycles. The number of nitrogens with one attached hydrogen (secondary N) is 1. The highest BCUT2D eigenvalue weighted by Gasteiger charge is 2.23. The molecule has 29 heavy (non-hydrogen) atoms. The van der Waals surface area contributed by atoms with E-state index in [1.807, 2.05) is 7.05 Å². The van der Waals surface area contributed by atoms with E-state index < -0.39 is 0 Å². The first-order chi connectivity index (χ1) is 14.2. The number of nitrogens with zero attached hydrogens (tertiary/aromatic N) is 3. The summed E-state index contributed by atoms with van der Waals surface area (Å²) < 4.78 is 11.9. The number of guanidine groups is 1. The molecule has 1 aromatic rings. The van der Waals surface area contributed by atoms with Gasteiger partial charge in [0, 0.05) is 46.4 Å². The molecule has 3 rings (SSSR count). The molecule has 2 aliphatic heterocycles. The highest BCUT2D eigenvalue weighted by molar-refractivity contribution is 5.79. The molecule has 0 amide bonds. The summed E-state index contributed by atoms with van der Waals surface area (Å²) in [5.74, 6) is 1.01. The first-order valence-corrected chi connectivity index (χ1v) is 11.2. The number of likely N-dealkylation sites (tertiary alicyclic amines) is 1. The first kappa shape index (κ1) is 22.1. The second-order valence-electron chi connectivity index (χ2n) is 8.21. The standard InChI is InChI=1S/C23H38N4O2/c1-24-23(25-13-16-26(2)18-20-8-4-3-5-9-20)27-14-11-21(12-15-27)29-19-22-10-6-7-17-28-22/h3-5,8-9,21-22H,6-7,10-19H2,1-2H3,(H,24,25). The Labute approximate surface area is 176 Å². The molecule has 1 N–H and O–H groups in total. The van der Waals surface area contributed by atoms with Crippen LogP contribution in [0.4, 0.5) is 0 Å². The lowest BCUT2D eigenvalue weighted by atomic mass is 10.1. The molecule has 1 unspecified atom stereocenters. The van der Waals surface area contributed by atoms with Crippen LogP contribution in [-0.4, -0.2) is 81.5 Å². The van der Waals surface area contributed by atoms with E-state index in [9.17, 15) is 0 Å². The maximum absolute atomic E-state index is 6.13. The van der Waals surface area contributed by atoms with Crippen molar-refractivity contribution in [3.8, 4) is 0 Å². The average molecular weight is 403 g/mol. The molecule has 0 spiro atoms. The maximum atomic E-state index is 6.13. The largest absolute Gasteiger partial charge is 0.376 e. The number of ether oxygens (including phenoxy) is 2. The predicted molar refractivity (Wildman–Crippen MR) is 118 cm³/mol. The summed E-state index contributed by atoms with van der Waals surface area (Å²) >= 11 is 0. The molecular weight excluding hydrogens is 364 g/mol. The average Bonchev–Trinajstić information content (AvgIpc) is 2.77. The minimum Gasteiger partial charge on any atom is -0.376 e. The summed E-state index contributed by atoms with van der Waals surface area (Å²) in [4.78, 5) is 9.18. The van der Waals surface area contributed by atoms with Crippen LogP contribution in [0.2, 0.25) is 0 Å². The highest BCUT2D eigenvalue weighted by atomic mass is 16.5. The van der Waals surface area contributed by atoms with Crippen molar-refractivity contribution in [3.05, 3.63) is 35.9 Å². The van der Waals surface area contributed by atoms with Crippen molar-refractivity contribution in [2.75, 3.05) is 53.5 Å². The molecule has 2 saturated heterocycles. The number of likely N-dealkylation sites (N-methyl/N-ethyl adjacent to an activating group) is 1. The van der Waals surface area contributed by atoms with Crippen molar-refractivity contribution in [3.63, 3.8) is 0 Å². The summed E-state index contributed by atoms with van der Waals surface area (Å²) in [5.41, 5.74) is 1.35. The van der Waals surface area contributed by atoms with Gasteiger partial charge in [-0.1, -0.05) is 30.3 Å². The molecule has 0 radical (unpaired) electrons. The SMILES string of the molecule is CN=C(NCCN(C)Cc1ccccc1)N1CCC(OCC2CCCCO2)CC1. The highest BCUT2D eigenvalue weighted by Crippen LogP contribution is 2.18. The fourth-order valence-electron chi connectivity index (χ4n) is 4.08. The van der Waals surface area contributed by atoms with Gasteiger partial charge < -0.3 is 24.6 Å². The molecule has 2 heterocycles. The molecule has 1 aromatic carbocycles. The fourth-order valence-corrected chi connectivity index (χ4v) is 4.08. The van der Waals surface area contributed by atoms with E-state index in [4.69, 9.17) is 9.47 Å². The molecule has 0 bridgehead atoms. The summed E-state index contributed by atoms with van der Waals surface area (Å²) in [5, 5.41) is 3.53. The van der Waals surface area contributed by atoms with E-state index in [1.165, 1.54) is 18.4 Å². The van der Waals surface area contributed by atoms with E-state index in [0.717, 1.165) is 71.2 Å². The van der Waals surface area contributed by atoms with Gasteiger partial charge in [0.1, 0.15) is 0 Å².